The number of carbonyl (C=O) groups is 1. The fraction of sp³-hybridized carbons (Fsp3) is 0.0667. The Morgan fingerprint density at radius 1 is 1.14 bits per heavy atom. The van der Waals surface area contributed by atoms with Gasteiger partial charge in [-0.3, -0.25) is 9.78 Å². The monoisotopic (exact) mass is 358 g/mol. The molecule has 0 spiro atoms. The molecule has 3 rings (SSSR count). The number of rotatable bonds is 4. The van der Waals surface area contributed by atoms with Gasteiger partial charge in [-0.1, -0.05) is 21.1 Å². The molecule has 0 unspecified atom stereocenters. The molecule has 3 aromatic rings. The summed E-state index contributed by atoms with van der Waals surface area (Å²) in [7, 11) is 0. The molecule has 0 aliphatic carbocycles. The summed E-state index contributed by atoms with van der Waals surface area (Å²) in [5.74, 6) is 0.615. The summed E-state index contributed by atoms with van der Waals surface area (Å²) in [6.45, 7) is 0.174. The summed E-state index contributed by atoms with van der Waals surface area (Å²) >= 11 is 3.33. The highest BCUT2D eigenvalue weighted by molar-refractivity contribution is 9.10. The zero-order chi connectivity index (χ0) is 15.4. The molecular weight excluding hydrogens is 348 g/mol. The number of pyridine rings is 1. The Balaban J connectivity index is 1.64. The Morgan fingerprint density at radius 2 is 1.86 bits per heavy atom. The van der Waals surface area contributed by atoms with Crippen LogP contribution in [0.25, 0.3) is 11.4 Å². The van der Waals surface area contributed by atoms with Gasteiger partial charge >= 0.3 is 0 Å². The van der Waals surface area contributed by atoms with Gasteiger partial charge in [-0.15, -0.1) is 0 Å². The minimum Gasteiger partial charge on any atom is -0.343 e. The predicted molar refractivity (Wildman–Crippen MR) is 82.8 cm³/mol. The topological polar surface area (TPSA) is 80.9 Å². The normalized spacial score (nSPS) is 10.4. The number of benzene rings is 1. The van der Waals surface area contributed by atoms with E-state index in [0.717, 1.165) is 10.0 Å². The Morgan fingerprint density at radius 3 is 2.59 bits per heavy atom. The fourth-order valence-corrected chi connectivity index (χ4v) is 2.07. The molecule has 0 aliphatic rings. The van der Waals surface area contributed by atoms with Crippen LogP contribution in [0.4, 0.5) is 0 Å². The van der Waals surface area contributed by atoms with Crippen LogP contribution in [0.5, 0.6) is 0 Å². The standard InChI is InChI=1S/C15H11BrN4O2/c16-12-3-1-11(2-4-12)15(21)18-9-13-19-14(20-22-13)10-5-7-17-8-6-10/h1-8H,9H2,(H,18,21). The minimum absolute atomic E-state index is 0.174. The lowest BCUT2D eigenvalue weighted by molar-refractivity contribution is 0.0946. The summed E-state index contributed by atoms with van der Waals surface area (Å²) in [6.07, 6.45) is 3.31. The molecule has 2 heterocycles. The quantitative estimate of drug-likeness (QED) is 0.775. The van der Waals surface area contributed by atoms with Crippen LogP contribution < -0.4 is 5.32 Å². The number of hydrogen-bond acceptors (Lipinski definition) is 5. The zero-order valence-corrected chi connectivity index (χ0v) is 12.9. The van der Waals surface area contributed by atoms with Crippen molar-refractivity contribution in [2.75, 3.05) is 0 Å². The third-order valence-electron chi connectivity index (χ3n) is 2.91. The maximum Gasteiger partial charge on any atom is 0.251 e. The Kier molecular flexibility index (Phi) is 4.24. The maximum atomic E-state index is 12.0. The molecule has 0 saturated carbocycles. The molecule has 0 fully saturated rings. The van der Waals surface area contributed by atoms with Crippen molar-refractivity contribution >= 4 is 21.8 Å². The van der Waals surface area contributed by atoms with Crippen molar-refractivity contribution in [1.82, 2.24) is 20.4 Å². The first kappa shape index (κ1) is 14.4. The second-order valence-electron chi connectivity index (χ2n) is 4.44. The first-order chi connectivity index (χ1) is 10.7. The van der Waals surface area contributed by atoms with Crippen molar-refractivity contribution < 1.29 is 9.32 Å². The van der Waals surface area contributed by atoms with E-state index in [0.29, 0.717) is 17.3 Å². The second kappa shape index (κ2) is 6.48. The Bertz CT molecular complexity index is 772. The zero-order valence-electron chi connectivity index (χ0n) is 11.4. The van der Waals surface area contributed by atoms with Crippen LogP contribution in [-0.2, 0) is 6.54 Å². The Labute approximate surface area is 134 Å². The van der Waals surface area contributed by atoms with Crippen LogP contribution in [-0.4, -0.2) is 21.0 Å². The Hall–Kier alpha value is -2.54. The van der Waals surface area contributed by atoms with Crippen LogP contribution in [0.1, 0.15) is 16.2 Å². The molecule has 6 nitrogen and oxygen atoms in total. The lowest BCUT2D eigenvalue weighted by atomic mass is 10.2. The molecule has 0 bridgehead atoms. The van der Waals surface area contributed by atoms with Gasteiger partial charge in [0.25, 0.3) is 5.91 Å². The first-order valence-electron chi connectivity index (χ1n) is 6.49. The number of nitrogens with one attached hydrogen (secondary N) is 1. The van der Waals surface area contributed by atoms with Crippen molar-refractivity contribution in [1.29, 1.82) is 0 Å². The molecule has 110 valence electrons. The average Bonchev–Trinajstić information content (AvgIpc) is 3.03. The van der Waals surface area contributed by atoms with Gasteiger partial charge in [-0.05, 0) is 36.4 Å². The van der Waals surface area contributed by atoms with Crippen LogP contribution in [0.2, 0.25) is 0 Å². The van der Waals surface area contributed by atoms with Crippen LogP contribution >= 0.6 is 15.9 Å². The maximum absolute atomic E-state index is 12.0. The van der Waals surface area contributed by atoms with Gasteiger partial charge in [0.2, 0.25) is 11.7 Å². The lowest BCUT2D eigenvalue weighted by Gasteiger charge is -2.02. The van der Waals surface area contributed by atoms with Crippen molar-refractivity contribution in [2.45, 2.75) is 6.54 Å². The first-order valence-corrected chi connectivity index (χ1v) is 7.28. The fourth-order valence-electron chi connectivity index (χ4n) is 1.80. The van der Waals surface area contributed by atoms with E-state index in [1.54, 1.807) is 36.7 Å². The SMILES string of the molecule is O=C(NCc1nc(-c2ccncc2)no1)c1ccc(Br)cc1. The van der Waals surface area contributed by atoms with Crippen LogP contribution in [0.15, 0.2) is 57.8 Å². The van der Waals surface area contributed by atoms with E-state index in [4.69, 9.17) is 4.52 Å². The number of halogens is 1. The van der Waals surface area contributed by atoms with E-state index in [-0.39, 0.29) is 12.5 Å². The second-order valence-corrected chi connectivity index (χ2v) is 5.35. The average molecular weight is 359 g/mol. The summed E-state index contributed by atoms with van der Waals surface area (Å²) in [5.41, 5.74) is 1.38. The van der Waals surface area contributed by atoms with Gasteiger partial charge < -0.3 is 9.84 Å². The highest BCUT2D eigenvalue weighted by atomic mass is 79.9. The smallest absolute Gasteiger partial charge is 0.251 e. The van der Waals surface area contributed by atoms with E-state index < -0.39 is 0 Å². The van der Waals surface area contributed by atoms with Gasteiger partial charge in [0, 0.05) is 28.0 Å². The highest BCUT2D eigenvalue weighted by Gasteiger charge is 2.10. The van der Waals surface area contributed by atoms with E-state index >= 15 is 0 Å². The van der Waals surface area contributed by atoms with Gasteiger partial charge in [-0.2, -0.15) is 4.98 Å². The summed E-state index contributed by atoms with van der Waals surface area (Å²) in [4.78, 5) is 20.1. The molecule has 1 aromatic carbocycles. The highest BCUT2D eigenvalue weighted by Crippen LogP contribution is 2.14. The van der Waals surface area contributed by atoms with Gasteiger partial charge in [0.15, 0.2) is 0 Å². The number of carbonyl (C=O) groups excluding carboxylic acids is 1. The third kappa shape index (κ3) is 3.37. The van der Waals surface area contributed by atoms with Gasteiger partial charge in [-0.25, -0.2) is 0 Å². The van der Waals surface area contributed by atoms with Crippen molar-refractivity contribution in [2.24, 2.45) is 0 Å². The summed E-state index contributed by atoms with van der Waals surface area (Å²) in [5, 5.41) is 6.61. The van der Waals surface area contributed by atoms with Gasteiger partial charge in [0.1, 0.15) is 0 Å². The van der Waals surface area contributed by atoms with Gasteiger partial charge in [0.05, 0.1) is 6.54 Å². The molecule has 1 amide bonds. The van der Waals surface area contributed by atoms with Crippen molar-refractivity contribution in [3.63, 3.8) is 0 Å². The van der Waals surface area contributed by atoms with E-state index in [2.05, 4.69) is 36.4 Å². The van der Waals surface area contributed by atoms with Crippen molar-refractivity contribution in [3.05, 3.63) is 64.7 Å². The number of amides is 1. The lowest BCUT2D eigenvalue weighted by Crippen LogP contribution is -2.22. The molecule has 2 aromatic heterocycles. The molecule has 22 heavy (non-hydrogen) atoms. The number of hydrogen-bond donors (Lipinski definition) is 1. The number of aromatic nitrogens is 3. The molecule has 1 N–H and O–H groups in total. The van der Waals surface area contributed by atoms with E-state index in [1.807, 2.05) is 12.1 Å². The molecule has 0 aliphatic heterocycles. The predicted octanol–water partition coefficient (Wildman–Crippen LogP) is 2.82. The molecular formula is C15H11BrN4O2. The van der Waals surface area contributed by atoms with E-state index in [1.165, 1.54) is 0 Å². The minimum atomic E-state index is -0.198. The molecule has 0 saturated heterocycles. The summed E-state index contributed by atoms with van der Waals surface area (Å²) < 4.78 is 6.04. The van der Waals surface area contributed by atoms with E-state index in [9.17, 15) is 4.79 Å². The van der Waals surface area contributed by atoms with Crippen LogP contribution in [0, 0.1) is 0 Å². The largest absolute Gasteiger partial charge is 0.343 e. The summed E-state index contributed by atoms with van der Waals surface area (Å²) in [6, 6.07) is 10.7. The molecule has 0 atom stereocenters. The molecule has 7 heteroatoms. The van der Waals surface area contributed by atoms with Crippen LogP contribution in [0.3, 0.4) is 0 Å². The molecule has 0 radical (unpaired) electrons. The van der Waals surface area contributed by atoms with Crippen molar-refractivity contribution in [3.8, 4) is 11.4 Å². The third-order valence-corrected chi connectivity index (χ3v) is 3.44. The number of nitrogens with zero attached hydrogens (tertiary/aromatic N) is 3.